The maximum atomic E-state index is 13.6. The SMILES string of the molecule is Cc1cc(C(=O)Nc2cc(F)c(Br)cc2F)ccn1. The van der Waals surface area contributed by atoms with Crippen molar-refractivity contribution < 1.29 is 13.6 Å². The highest BCUT2D eigenvalue weighted by molar-refractivity contribution is 9.10. The van der Waals surface area contributed by atoms with Crippen LogP contribution < -0.4 is 5.32 Å². The average molecular weight is 327 g/mol. The van der Waals surface area contributed by atoms with E-state index in [9.17, 15) is 13.6 Å². The lowest BCUT2D eigenvalue weighted by atomic mass is 10.2. The molecule has 3 nitrogen and oxygen atoms in total. The highest BCUT2D eigenvalue weighted by Crippen LogP contribution is 2.23. The molecular weight excluding hydrogens is 318 g/mol. The molecule has 1 N–H and O–H groups in total. The van der Waals surface area contributed by atoms with Crippen molar-refractivity contribution in [2.45, 2.75) is 6.92 Å². The van der Waals surface area contributed by atoms with Crippen LogP contribution in [-0.2, 0) is 0 Å². The standard InChI is InChI=1S/C13H9BrF2N2O/c1-7-4-8(2-3-17-7)13(19)18-12-6-10(15)9(14)5-11(12)16/h2-6H,1H3,(H,18,19). The third-order valence-corrected chi connectivity index (χ3v) is 3.02. The summed E-state index contributed by atoms with van der Waals surface area (Å²) >= 11 is 2.86. The fraction of sp³-hybridized carbons (Fsp3) is 0.0769. The molecule has 0 aliphatic heterocycles. The first kappa shape index (κ1) is 13.6. The molecule has 1 aromatic heterocycles. The fourth-order valence-corrected chi connectivity index (χ4v) is 1.82. The first-order valence-electron chi connectivity index (χ1n) is 5.36. The quantitative estimate of drug-likeness (QED) is 0.855. The number of aryl methyl sites for hydroxylation is 1. The summed E-state index contributed by atoms with van der Waals surface area (Å²) in [5.74, 6) is -1.89. The zero-order valence-corrected chi connectivity index (χ0v) is 11.5. The molecule has 0 aliphatic rings. The number of benzene rings is 1. The minimum atomic E-state index is -0.715. The molecule has 1 amide bonds. The Labute approximate surface area is 116 Å². The number of nitrogens with zero attached hydrogens (tertiary/aromatic N) is 1. The Bertz CT molecular complexity index is 647. The number of carbonyl (C=O) groups excluding carboxylic acids is 1. The van der Waals surface area contributed by atoms with Crippen molar-refractivity contribution >= 4 is 27.5 Å². The first-order valence-corrected chi connectivity index (χ1v) is 6.15. The fourth-order valence-electron chi connectivity index (χ4n) is 1.50. The second-order valence-electron chi connectivity index (χ2n) is 3.89. The van der Waals surface area contributed by atoms with Gasteiger partial charge in [0.25, 0.3) is 5.91 Å². The van der Waals surface area contributed by atoms with Crippen LogP contribution in [0.1, 0.15) is 16.1 Å². The van der Waals surface area contributed by atoms with Gasteiger partial charge in [-0.05, 0) is 41.1 Å². The molecule has 0 saturated carbocycles. The van der Waals surface area contributed by atoms with Gasteiger partial charge in [0.15, 0.2) is 0 Å². The van der Waals surface area contributed by atoms with Crippen LogP contribution in [-0.4, -0.2) is 10.9 Å². The summed E-state index contributed by atoms with van der Waals surface area (Å²) in [5, 5.41) is 2.32. The van der Waals surface area contributed by atoms with Gasteiger partial charge < -0.3 is 5.32 Å². The Morgan fingerprint density at radius 3 is 2.68 bits per heavy atom. The third-order valence-electron chi connectivity index (χ3n) is 2.42. The lowest BCUT2D eigenvalue weighted by Crippen LogP contribution is -2.13. The van der Waals surface area contributed by atoms with E-state index in [-0.39, 0.29) is 10.2 Å². The molecule has 19 heavy (non-hydrogen) atoms. The predicted octanol–water partition coefficient (Wildman–Crippen LogP) is 3.68. The molecular formula is C13H9BrF2N2O. The van der Waals surface area contributed by atoms with Gasteiger partial charge in [0, 0.05) is 23.5 Å². The van der Waals surface area contributed by atoms with Crippen LogP contribution in [0.5, 0.6) is 0 Å². The monoisotopic (exact) mass is 326 g/mol. The van der Waals surface area contributed by atoms with Crippen molar-refractivity contribution in [2.75, 3.05) is 5.32 Å². The topological polar surface area (TPSA) is 42.0 Å². The van der Waals surface area contributed by atoms with Crippen molar-refractivity contribution in [2.24, 2.45) is 0 Å². The van der Waals surface area contributed by atoms with E-state index in [2.05, 4.69) is 26.2 Å². The smallest absolute Gasteiger partial charge is 0.255 e. The molecule has 0 saturated heterocycles. The molecule has 0 bridgehead atoms. The number of carbonyl (C=O) groups is 1. The van der Waals surface area contributed by atoms with Gasteiger partial charge in [-0.25, -0.2) is 8.78 Å². The van der Waals surface area contributed by atoms with Crippen LogP contribution in [0.25, 0.3) is 0 Å². The second-order valence-corrected chi connectivity index (χ2v) is 4.74. The average Bonchev–Trinajstić information content (AvgIpc) is 2.36. The number of nitrogens with one attached hydrogen (secondary N) is 1. The van der Waals surface area contributed by atoms with Crippen molar-refractivity contribution in [3.05, 3.63) is 57.8 Å². The van der Waals surface area contributed by atoms with E-state index in [1.54, 1.807) is 13.0 Å². The molecule has 2 rings (SSSR count). The lowest BCUT2D eigenvalue weighted by molar-refractivity contribution is 0.102. The number of amides is 1. The number of pyridine rings is 1. The normalized spacial score (nSPS) is 10.3. The molecule has 1 aromatic carbocycles. The van der Waals surface area contributed by atoms with Gasteiger partial charge in [0.05, 0.1) is 10.2 Å². The van der Waals surface area contributed by atoms with Gasteiger partial charge >= 0.3 is 0 Å². The van der Waals surface area contributed by atoms with Crippen molar-refractivity contribution in [1.82, 2.24) is 4.98 Å². The molecule has 6 heteroatoms. The summed E-state index contributed by atoms with van der Waals surface area (Å²) in [7, 11) is 0. The van der Waals surface area contributed by atoms with Crippen molar-refractivity contribution in [1.29, 1.82) is 0 Å². The third kappa shape index (κ3) is 3.14. The van der Waals surface area contributed by atoms with E-state index in [1.165, 1.54) is 12.3 Å². The van der Waals surface area contributed by atoms with E-state index in [0.29, 0.717) is 11.3 Å². The molecule has 0 aliphatic carbocycles. The van der Waals surface area contributed by atoms with E-state index in [4.69, 9.17) is 0 Å². The van der Waals surface area contributed by atoms with Gasteiger partial charge in [0.1, 0.15) is 11.6 Å². The number of hydrogen-bond acceptors (Lipinski definition) is 2. The molecule has 0 unspecified atom stereocenters. The summed E-state index contributed by atoms with van der Waals surface area (Å²) < 4.78 is 26.9. The van der Waals surface area contributed by atoms with Gasteiger partial charge in [-0.3, -0.25) is 9.78 Å². The Kier molecular flexibility index (Phi) is 3.90. The summed E-state index contributed by atoms with van der Waals surface area (Å²) in [4.78, 5) is 15.8. The maximum Gasteiger partial charge on any atom is 0.255 e. The zero-order valence-electron chi connectivity index (χ0n) is 9.88. The Morgan fingerprint density at radius 2 is 2.00 bits per heavy atom. The number of anilines is 1. The van der Waals surface area contributed by atoms with Gasteiger partial charge in [-0.15, -0.1) is 0 Å². The number of hydrogen-bond donors (Lipinski definition) is 1. The van der Waals surface area contributed by atoms with Crippen LogP contribution in [0, 0.1) is 18.6 Å². The lowest BCUT2D eigenvalue weighted by Gasteiger charge is -2.07. The summed E-state index contributed by atoms with van der Waals surface area (Å²) in [6.45, 7) is 1.73. The summed E-state index contributed by atoms with van der Waals surface area (Å²) in [6, 6.07) is 4.94. The van der Waals surface area contributed by atoms with Crippen LogP contribution in [0.4, 0.5) is 14.5 Å². The number of aromatic nitrogens is 1. The van der Waals surface area contributed by atoms with Crippen LogP contribution in [0.2, 0.25) is 0 Å². The van der Waals surface area contributed by atoms with Crippen LogP contribution >= 0.6 is 15.9 Å². The van der Waals surface area contributed by atoms with E-state index in [0.717, 1.165) is 12.1 Å². The predicted molar refractivity (Wildman–Crippen MR) is 71.0 cm³/mol. The zero-order chi connectivity index (χ0) is 14.0. The Hall–Kier alpha value is -1.82. The molecule has 0 spiro atoms. The van der Waals surface area contributed by atoms with E-state index < -0.39 is 17.5 Å². The van der Waals surface area contributed by atoms with E-state index >= 15 is 0 Å². The molecule has 0 atom stereocenters. The first-order chi connectivity index (χ1) is 8.97. The summed E-state index contributed by atoms with van der Waals surface area (Å²) in [6.07, 6.45) is 1.47. The Balaban J connectivity index is 2.27. The minimum Gasteiger partial charge on any atom is -0.319 e. The largest absolute Gasteiger partial charge is 0.319 e. The molecule has 0 radical (unpaired) electrons. The van der Waals surface area contributed by atoms with E-state index in [1.807, 2.05) is 0 Å². The van der Waals surface area contributed by atoms with Crippen molar-refractivity contribution in [3.63, 3.8) is 0 Å². The second kappa shape index (κ2) is 5.44. The molecule has 98 valence electrons. The number of rotatable bonds is 2. The highest BCUT2D eigenvalue weighted by Gasteiger charge is 2.12. The molecule has 2 aromatic rings. The number of halogens is 3. The van der Waals surface area contributed by atoms with Crippen LogP contribution in [0.3, 0.4) is 0 Å². The molecule has 1 heterocycles. The minimum absolute atomic E-state index is 0.00255. The highest BCUT2D eigenvalue weighted by atomic mass is 79.9. The van der Waals surface area contributed by atoms with Gasteiger partial charge in [-0.2, -0.15) is 0 Å². The molecule has 0 fully saturated rings. The summed E-state index contributed by atoms with van der Waals surface area (Å²) in [5.41, 5.74) is 0.783. The van der Waals surface area contributed by atoms with Gasteiger partial charge in [-0.1, -0.05) is 0 Å². The van der Waals surface area contributed by atoms with Gasteiger partial charge in [0.2, 0.25) is 0 Å². The van der Waals surface area contributed by atoms with Crippen molar-refractivity contribution in [3.8, 4) is 0 Å². The van der Waals surface area contributed by atoms with Crippen LogP contribution in [0.15, 0.2) is 34.9 Å². The Morgan fingerprint density at radius 1 is 1.26 bits per heavy atom. The maximum absolute atomic E-state index is 13.6.